The number of pyridine rings is 1. The first kappa shape index (κ1) is 13.3. The highest BCUT2D eigenvalue weighted by molar-refractivity contribution is 5.78. The molecule has 0 aliphatic carbocycles. The maximum absolute atomic E-state index is 12.3. The van der Waals surface area contributed by atoms with Crippen LogP contribution in [0.4, 0.5) is 5.95 Å². The Hall–Kier alpha value is -2.70. The molecule has 0 spiro atoms. The smallest absolute Gasteiger partial charge is 0.317 e. The Bertz CT molecular complexity index is 667. The van der Waals surface area contributed by atoms with Gasteiger partial charge in [-0.3, -0.25) is 9.78 Å². The largest absolute Gasteiger partial charge is 0.465 e. The molecule has 0 saturated heterocycles. The van der Waals surface area contributed by atoms with Gasteiger partial charge in [0.25, 0.3) is 0 Å². The third kappa shape index (κ3) is 2.26. The molecule has 3 rings (SSSR count). The standard InChI is InChI=1S/C14H15N5O2/c1-3-21-13(20)11-9(2)18-14-16-8-17-19(14)12(11)10-5-4-6-15-7-10/h4-8,11-12H,2-3H2,1H3,(H,16,17,18). The monoisotopic (exact) mass is 285 g/mol. The quantitative estimate of drug-likeness (QED) is 0.858. The molecule has 21 heavy (non-hydrogen) atoms. The second-order valence-corrected chi connectivity index (χ2v) is 4.64. The Labute approximate surface area is 121 Å². The molecular formula is C14H15N5O2. The van der Waals surface area contributed by atoms with Gasteiger partial charge in [0.15, 0.2) is 0 Å². The lowest BCUT2D eigenvalue weighted by Gasteiger charge is -2.32. The Morgan fingerprint density at radius 1 is 1.57 bits per heavy atom. The number of rotatable bonds is 3. The lowest BCUT2D eigenvalue weighted by atomic mass is 9.90. The summed E-state index contributed by atoms with van der Waals surface area (Å²) in [6, 6.07) is 3.34. The molecule has 1 N–H and O–H groups in total. The number of anilines is 1. The van der Waals surface area contributed by atoms with Crippen LogP contribution in [0.15, 0.2) is 43.1 Å². The molecular weight excluding hydrogens is 270 g/mol. The van der Waals surface area contributed by atoms with Crippen molar-refractivity contribution in [2.75, 3.05) is 11.9 Å². The van der Waals surface area contributed by atoms with E-state index < -0.39 is 5.92 Å². The van der Waals surface area contributed by atoms with Crippen molar-refractivity contribution < 1.29 is 9.53 Å². The summed E-state index contributed by atoms with van der Waals surface area (Å²) in [5.41, 5.74) is 1.40. The molecule has 0 amide bonds. The van der Waals surface area contributed by atoms with Gasteiger partial charge in [0.2, 0.25) is 5.95 Å². The molecule has 1 aliphatic heterocycles. The molecule has 2 aromatic heterocycles. The first-order chi connectivity index (χ1) is 10.2. The van der Waals surface area contributed by atoms with Crippen LogP contribution in [0.5, 0.6) is 0 Å². The van der Waals surface area contributed by atoms with E-state index in [2.05, 4.69) is 27.0 Å². The summed E-state index contributed by atoms with van der Waals surface area (Å²) in [4.78, 5) is 20.6. The van der Waals surface area contributed by atoms with Crippen LogP contribution in [-0.4, -0.2) is 32.3 Å². The van der Waals surface area contributed by atoms with E-state index in [1.165, 1.54) is 6.33 Å². The second kappa shape index (κ2) is 5.35. The average molecular weight is 285 g/mol. The number of carbonyl (C=O) groups excluding carboxylic acids is 1. The molecule has 108 valence electrons. The number of aromatic nitrogens is 4. The molecule has 3 heterocycles. The zero-order valence-electron chi connectivity index (χ0n) is 11.6. The summed E-state index contributed by atoms with van der Waals surface area (Å²) in [5, 5.41) is 7.21. The van der Waals surface area contributed by atoms with Crippen molar-refractivity contribution >= 4 is 11.9 Å². The molecule has 0 radical (unpaired) electrons. The normalized spacial score (nSPS) is 20.5. The Morgan fingerprint density at radius 2 is 2.43 bits per heavy atom. The van der Waals surface area contributed by atoms with E-state index in [4.69, 9.17) is 4.74 Å². The van der Waals surface area contributed by atoms with E-state index in [-0.39, 0.29) is 12.0 Å². The zero-order chi connectivity index (χ0) is 14.8. The van der Waals surface area contributed by atoms with Gasteiger partial charge in [-0.2, -0.15) is 10.1 Å². The number of nitrogens with zero attached hydrogens (tertiary/aromatic N) is 4. The van der Waals surface area contributed by atoms with Crippen molar-refractivity contribution in [2.45, 2.75) is 13.0 Å². The van der Waals surface area contributed by atoms with E-state index in [0.717, 1.165) is 5.56 Å². The Kier molecular flexibility index (Phi) is 3.39. The summed E-state index contributed by atoms with van der Waals surface area (Å²) in [7, 11) is 0. The molecule has 0 aromatic carbocycles. The van der Waals surface area contributed by atoms with Gasteiger partial charge in [-0.05, 0) is 18.6 Å². The summed E-state index contributed by atoms with van der Waals surface area (Å²) in [5.74, 6) is -0.372. The predicted octanol–water partition coefficient (Wildman–Crippen LogP) is 1.38. The van der Waals surface area contributed by atoms with Crippen LogP contribution in [0.3, 0.4) is 0 Å². The number of esters is 1. The summed E-state index contributed by atoms with van der Waals surface area (Å²) < 4.78 is 6.83. The molecule has 0 fully saturated rings. The number of ether oxygens (including phenoxy) is 1. The van der Waals surface area contributed by atoms with Crippen LogP contribution < -0.4 is 5.32 Å². The van der Waals surface area contributed by atoms with Crippen LogP contribution in [-0.2, 0) is 9.53 Å². The fourth-order valence-corrected chi connectivity index (χ4v) is 2.48. The number of nitrogens with one attached hydrogen (secondary N) is 1. The highest BCUT2D eigenvalue weighted by Crippen LogP contribution is 2.37. The number of carbonyl (C=O) groups is 1. The van der Waals surface area contributed by atoms with Crippen molar-refractivity contribution in [3.63, 3.8) is 0 Å². The van der Waals surface area contributed by atoms with Gasteiger partial charge in [0.1, 0.15) is 18.3 Å². The fourth-order valence-electron chi connectivity index (χ4n) is 2.48. The number of hydrogen-bond acceptors (Lipinski definition) is 6. The van der Waals surface area contributed by atoms with E-state index in [9.17, 15) is 4.79 Å². The predicted molar refractivity (Wildman–Crippen MR) is 75.3 cm³/mol. The molecule has 2 unspecified atom stereocenters. The minimum atomic E-state index is -0.580. The van der Waals surface area contributed by atoms with Crippen LogP contribution in [0.25, 0.3) is 0 Å². The highest BCUT2D eigenvalue weighted by Gasteiger charge is 2.40. The van der Waals surface area contributed by atoms with Gasteiger partial charge in [0.05, 0.1) is 6.61 Å². The van der Waals surface area contributed by atoms with Gasteiger partial charge < -0.3 is 10.1 Å². The molecule has 2 atom stereocenters. The van der Waals surface area contributed by atoms with Crippen molar-refractivity contribution in [1.29, 1.82) is 0 Å². The lowest BCUT2D eigenvalue weighted by molar-refractivity contribution is -0.147. The molecule has 0 saturated carbocycles. The summed E-state index contributed by atoms with van der Waals surface area (Å²) >= 11 is 0. The third-order valence-electron chi connectivity index (χ3n) is 3.37. The Balaban J connectivity index is 2.09. The van der Waals surface area contributed by atoms with Crippen LogP contribution >= 0.6 is 0 Å². The summed E-state index contributed by atoms with van der Waals surface area (Å²) in [6.07, 6.45) is 4.83. The molecule has 7 nitrogen and oxygen atoms in total. The van der Waals surface area contributed by atoms with E-state index in [1.807, 2.05) is 12.1 Å². The lowest BCUT2D eigenvalue weighted by Crippen LogP contribution is -2.37. The maximum Gasteiger partial charge on any atom is 0.317 e. The Morgan fingerprint density at radius 3 is 3.14 bits per heavy atom. The first-order valence-electron chi connectivity index (χ1n) is 6.64. The third-order valence-corrected chi connectivity index (χ3v) is 3.37. The van der Waals surface area contributed by atoms with Crippen molar-refractivity contribution in [2.24, 2.45) is 5.92 Å². The van der Waals surface area contributed by atoms with E-state index in [1.54, 1.807) is 24.0 Å². The van der Waals surface area contributed by atoms with Gasteiger partial charge >= 0.3 is 5.97 Å². The maximum atomic E-state index is 12.3. The van der Waals surface area contributed by atoms with Gasteiger partial charge in [0, 0.05) is 18.1 Å². The minimum absolute atomic E-state index is 0.312. The van der Waals surface area contributed by atoms with Crippen LogP contribution in [0, 0.1) is 5.92 Å². The van der Waals surface area contributed by atoms with Crippen LogP contribution in [0.2, 0.25) is 0 Å². The van der Waals surface area contributed by atoms with Gasteiger partial charge in [-0.1, -0.05) is 12.6 Å². The van der Waals surface area contributed by atoms with E-state index >= 15 is 0 Å². The summed E-state index contributed by atoms with van der Waals surface area (Å²) in [6.45, 7) is 6.03. The van der Waals surface area contributed by atoms with Crippen molar-refractivity contribution in [3.8, 4) is 0 Å². The van der Waals surface area contributed by atoms with Crippen molar-refractivity contribution in [1.82, 2.24) is 19.7 Å². The van der Waals surface area contributed by atoms with Crippen LogP contribution in [0.1, 0.15) is 18.5 Å². The molecule has 0 bridgehead atoms. The fraction of sp³-hybridized carbons (Fsp3) is 0.286. The minimum Gasteiger partial charge on any atom is -0.465 e. The average Bonchev–Trinajstić information content (AvgIpc) is 2.94. The topological polar surface area (TPSA) is 81.9 Å². The van der Waals surface area contributed by atoms with Crippen molar-refractivity contribution in [3.05, 3.63) is 48.7 Å². The zero-order valence-corrected chi connectivity index (χ0v) is 11.6. The number of hydrogen-bond donors (Lipinski definition) is 1. The molecule has 2 aromatic rings. The molecule has 7 heteroatoms. The van der Waals surface area contributed by atoms with Gasteiger partial charge in [-0.15, -0.1) is 0 Å². The first-order valence-corrected chi connectivity index (χ1v) is 6.64. The second-order valence-electron chi connectivity index (χ2n) is 4.64. The highest BCUT2D eigenvalue weighted by atomic mass is 16.5. The number of fused-ring (bicyclic) bond motifs is 1. The SMILES string of the molecule is C=C1Nc2ncnn2C(c2cccnc2)C1C(=O)OCC. The van der Waals surface area contributed by atoms with Gasteiger partial charge in [-0.25, -0.2) is 4.68 Å². The molecule has 1 aliphatic rings. The van der Waals surface area contributed by atoms with E-state index in [0.29, 0.717) is 18.3 Å².